The summed E-state index contributed by atoms with van der Waals surface area (Å²) in [6, 6.07) is 7.56. The largest absolute Gasteiger partial charge is 0.497 e. The van der Waals surface area contributed by atoms with Crippen LogP contribution in [0.5, 0.6) is 5.75 Å². The van der Waals surface area contributed by atoms with Crippen molar-refractivity contribution in [3.63, 3.8) is 0 Å². The molecular weight excluding hydrogens is 316 g/mol. The minimum absolute atomic E-state index is 0.0816. The first-order chi connectivity index (χ1) is 12.1. The second-order valence-corrected chi connectivity index (χ2v) is 6.48. The van der Waals surface area contributed by atoms with Crippen molar-refractivity contribution in [3.8, 4) is 5.75 Å². The predicted octanol–water partition coefficient (Wildman–Crippen LogP) is 3.25. The molecule has 0 aromatic heterocycles. The lowest BCUT2D eigenvalue weighted by molar-refractivity contribution is -0.136. The minimum atomic E-state index is -0.308. The molecule has 2 amide bonds. The number of unbranched alkanes of at least 4 members (excludes halogenated alkanes) is 1. The van der Waals surface area contributed by atoms with Gasteiger partial charge in [0, 0.05) is 26.1 Å². The van der Waals surface area contributed by atoms with Gasteiger partial charge in [0.25, 0.3) is 0 Å². The highest BCUT2D eigenvalue weighted by Gasteiger charge is 2.45. The molecule has 1 aromatic carbocycles. The monoisotopic (exact) mass is 346 g/mol. The van der Waals surface area contributed by atoms with Crippen molar-refractivity contribution in [3.05, 3.63) is 29.8 Å². The van der Waals surface area contributed by atoms with Crippen LogP contribution in [0.4, 0.5) is 0 Å². The molecular formula is C20H30N2O3. The highest BCUT2D eigenvalue weighted by Crippen LogP contribution is 2.39. The highest BCUT2D eigenvalue weighted by atomic mass is 16.5. The Balaban J connectivity index is 2.35. The Morgan fingerprint density at radius 1 is 1.20 bits per heavy atom. The molecule has 0 unspecified atom stereocenters. The molecule has 0 spiro atoms. The van der Waals surface area contributed by atoms with E-state index in [2.05, 4.69) is 6.92 Å². The molecule has 1 fully saturated rings. The summed E-state index contributed by atoms with van der Waals surface area (Å²) in [4.78, 5) is 29.4. The third kappa shape index (κ3) is 4.14. The van der Waals surface area contributed by atoms with E-state index in [4.69, 9.17) is 4.74 Å². The minimum Gasteiger partial charge on any atom is -0.497 e. The smallest absolute Gasteiger partial charge is 0.228 e. The lowest BCUT2D eigenvalue weighted by atomic mass is 9.92. The van der Waals surface area contributed by atoms with E-state index in [0.717, 1.165) is 24.2 Å². The quantitative estimate of drug-likeness (QED) is 0.726. The van der Waals surface area contributed by atoms with E-state index in [1.54, 1.807) is 7.11 Å². The van der Waals surface area contributed by atoms with Gasteiger partial charge in [-0.05, 0) is 38.0 Å². The van der Waals surface area contributed by atoms with Gasteiger partial charge >= 0.3 is 0 Å². The van der Waals surface area contributed by atoms with Crippen LogP contribution in [-0.4, -0.2) is 48.4 Å². The van der Waals surface area contributed by atoms with Crippen LogP contribution in [0.3, 0.4) is 0 Å². The van der Waals surface area contributed by atoms with Gasteiger partial charge in [0.05, 0.1) is 19.1 Å². The van der Waals surface area contributed by atoms with Gasteiger partial charge in [-0.25, -0.2) is 0 Å². The van der Waals surface area contributed by atoms with Crippen LogP contribution >= 0.6 is 0 Å². The van der Waals surface area contributed by atoms with Gasteiger partial charge < -0.3 is 14.5 Å². The number of ether oxygens (including phenoxy) is 1. The molecule has 2 rings (SSSR count). The Labute approximate surface area is 150 Å². The molecule has 0 N–H and O–H groups in total. The molecule has 0 saturated carbocycles. The van der Waals surface area contributed by atoms with Gasteiger partial charge in [0.1, 0.15) is 5.75 Å². The van der Waals surface area contributed by atoms with Crippen molar-refractivity contribution in [2.75, 3.05) is 26.7 Å². The maximum Gasteiger partial charge on any atom is 0.228 e. The van der Waals surface area contributed by atoms with Gasteiger partial charge in [0.2, 0.25) is 11.8 Å². The van der Waals surface area contributed by atoms with Crippen LogP contribution in [0.1, 0.15) is 51.6 Å². The molecule has 5 nitrogen and oxygen atoms in total. The van der Waals surface area contributed by atoms with Crippen LogP contribution in [0.15, 0.2) is 24.3 Å². The number of carbonyl (C=O) groups is 2. The number of nitrogens with zero attached hydrogens (tertiary/aromatic N) is 2. The lowest BCUT2D eigenvalue weighted by Crippen LogP contribution is -2.39. The van der Waals surface area contributed by atoms with E-state index in [1.165, 1.54) is 0 Å². The van der Waals surface area contributed by atoms with Crippen LogP contribution in [0.25, 0.3) is 0 Å². The fourth-order valence-corrected chi connectivity index (χ4v) is 3.59. The van der Waals surface area contributed by atoms with Gasteiger partial charge in [-0.1, -0.05) is 25.5 Å². The Morgan fingerprint density at radius 3 is 2.36 bits per heavy atom. The summed E-state index contributed by atoms with van der Waals surface area (Å²) in [6.07, 6.45) is 2.27. The molecule has 1 aromatic rings. The first kappa shape index (κ1) is 19.3. The van der Waals surface area contributed by atoms with Crippen molar-refractivity contribution < 1.29 is 14.3 Å². The third-order valence-corrected chi connectivity index (χ3v) is 5.03. The van der Waals surface area contributed by atoms with Gasteiger partial charge in [-0.2, -0.15) is 0 Å². The number of methoxy groups -OCH3 is 1. The maximum absolute atomic E-state index is 13.0. The topological polar surface area (TPSA) is 49.9 Å². The van der Waals surface area contributed by atoms with Crippen molar-refractivity contribution in [2.45, 2.75) is 46.1 Å². The SMILES string of the molecule is CCCCN1C(=O)C[C@@H](C(=O)N(CC)CC)[C@@H]1c1ccc(OC)cc1. The zero-order chi connectivity index (χ0) is 18.4. The van der Waals surface area contributed by atoms with Crippen molar-refractivity contribution in [1.29, 1.82) is 0 Å². The number of amides is 2. The first-order valence-corrected chi connectivity index (χ1v) is 9.29. The summed E-state index contributed by atoms with van der Waals surface area (Å²) in [7, 11) is 1.63. The van der Waals surface area contributed by atoms with Gasteiger partial charge in [-0.3, -0.25) is 9.59 Å². The standard InChI is InChI=1S/C20H30N2O3/c1-5-8-13-22-18(23)14-17(20(24)21(6-2)7-3)19(22)15-9-11-16(25-4)12-10-15/h9-12,17,19H,5-8,13-14H2,1-4H3/t17-,19+/m1/s1. The molecule has 1 aliphatic rings. The molecule has 5 heteroatoms. The fourth-order valence-electron chi connectivity index (χ4n) is 3.59. The van der Waals surface area contributed by atoms with Crippen LogP contribution in [0.2, 0.25) is 0 Å². The molecule has 0 radical (unpaired) electrons. The summed E-state index contributed by atoms with van der Waals surface area (Å²) >= 11 is 0. The Kier molecular flexibility index (Phi) is 6.85. The van der Waals surface area contributed by atoms with Gasteiger partial charge in [0.15, 0.2) is 0 Å². The summed E-state index contributed by atoms with van der Waals surface area (Å²) < 4.78 is 5.24. The van der Waals surface area contributed by atoms with E-state index < -0.39 is 0 Å². The molecule has 0 bridgehead atoms. The number of carbonyl (C=O) groups excluding carboxylic acids is 2. The Bertz CT molecular complexity index is 581. The number of benzene rings is 1. The molecule has 1 aliphatic heterocycles. The zero-order valence-electron chi connectivity index (χ0n) is 15.8. The number of rotatable bonds is 8. The number of hydrogen-bond acceptors (Lipinski definition) is 3. The average Bonchev–Trinajstić information content (AvgIpc) is 2.97. The van der Waals surface area contributed by atoms with Crippen molar-refractivity contribution in [1.82, 2.24) is 9.80 Å². The summed E-state index contributed by atoms with van der Waals surface area (Å²) in [5.74, 6) is 0.635. The summed E-state index contributed by atoms with van der Waals surface area (Å²) in [5.41, 5.74) is 1.01. The number of likely N-dealkylation sites (tertiary alicyclic amines) is 1. The van der Waals surface area contributed by atoms with Crippen LogP contribution < -0.4 is 4.74 Å². The van der Waals surface area contributed by atoms with E-state index >= 15 is 0 Å². The zero-order valence-corrected chi connectivity index (χ0v) is 15.8. The molecule has 1 saturated heterocycles. The van der Waals surface area contributed by atoms with Crippen LogP contribution in [-0.2, 0) is 9.59 Å². The Morgan fingerprint density at radius 2 is 1.84 bits per heavy atom. The molecule has 25 heavy (non-hydrogen) atoms. The number of hydrogen-bond donors (Lipinski definition) is 0. The maximum atomic E-state index is 13.0. The normalized spacial score (nSPS) is 20.0. The third-order valence-electron chi connectivity index (χ3n) is 5.03. The first-order valence-electron chi connectivity index (χ1n) is 9.29. The lowest BCUT2D eigenvalue weighted by Gasteiger charge is -2.31. The fraction of sp³-hybridized carbons (Fsp3) is 0.600. The summed E-state index contributed by atoms with van der Waals surface area (Å²) in [6.45, 7) is 8.12. The highest BCUT2D eigenvalue weighted by molar-refractivity contribution is 5.90. The van der Waals surface area contributed by atoms with E-state index in [0.29, 0.717) is 26.1 Å². The molecule has 138 valence electrons. The second kappa shape index (κ2) is 8.88. The van der Waals surface area contributed by atoms with Crippen molar-refractivity contribution >= 4 is 11.8 Å². The predicted molar refractivity (Wildman–Crippen MR) is 98.4 cm³/mol. The van der Waals surface area contributed by atoms with Crippen molar-refractivity contribution in [2.24, 2.45) is 5.92 Å². The average molecular weight is 346 g/mol. The van der Waals surface area contributed by atoms with E-state index in [9.17, 15) is 9.59 Å². The van der Waals surface area contributed by atoms with Crippen LogP contribution in [0, 0.1) is 5.92 Å². The van der Waals surface area contributed by atoms with E-state index in [-0.39, 0.29) is 23.8 Å². The van der Waals surface area contributed by atoms with E-state index in [1.807, 2.05) is 47.9 Å². The summed E-state index contributed by atoms with van der Waals surface area (Å²) in [5, 5.41) is 0. The molecule has 0 aliphatic carbocycles. The molecule has 2 atom stereocenters. The Hall–Kier alpha value is -2.04. The molecule has 1 heterocycles. The second-order valence-electron chi connectivity index (χ2n) is 6.48. The van der Waals surface area contributed by atoms with Gasteiger partial charge in [-0.15, -0.1) is 0 Å².